The maximum absolute atomic E-state index is 5.41. The van der Waals surface area contributed by atoms with E-state index in [1.54, 1.807) is 0 Å². The van der Waals surface area contributed by atoms with Gasteiger partial charge in [-0.3, -0.25) is 4.90 Å². The molecule has 0 radical (unpaired) electrons. The summed E-state index contributed by atoms with van der Waals surface area (Å²) < 4.78 is 5.41. The predicted molar refractivity (Wildman–Crippen MR) is 58.4 cm³/mol. The summed E-state index contributed by atoms with van der Waals surface area (Å²) in [5.74, 6) is 1.80. The van der Waals surface area contributed by atoms with Crippen molar-refractivity contribution in [3.05, 3.63) is 0 Å². The van der Waals surface area contributed by atoms with Crippen molar-refractivity contribution >= 4 is 0 Å². The lowest BCUT2D eigenvalue weighted by molar-refractivity contribution is 0.0105. The molecule has 0 saturated carbocycles. The minimum atomic E-state index is 0.818. The molecule has 0 aromatic rings. The molecular weight excluding hydrogens is 174 g/mol. The van der Waals surface area contributed by atoms with Gasteiger partial charge in [-0.05, 0) is 37.6 Å². The molecule has 2 unspecified atom stereocenters. The fourth-order valence-corrected chi connectivity index (χ4v) is 2.68. The summed E-state index contributed by atoms with van der Waals surface area (Å²) in [6.07, 6.45) is 3.89. The van der Waals surface area contributed by atoms with Crippen molar-refractivity contribution in [1.29, 1.82) is 0 Å². The molecule has 2 aliphatic heterocycles. The normalized spacial score (nSPS) is 37.3. The maximum Gasteiger partial charge on any atom is 0.0480 e. The zero-order valence-electron chi connectivity index (χ0n) is 9.54. The van der Waals surface area contributed by atoms with E-state index in [0.717, 1.165) is 31.1 Å². The third-order valence-corrected chi connectivity index (χ3v) is 4.07. The van der Waals surface area contributed by atoms with E-state index in [0.29, 0.717) is 0 Å². The molecule has 0 aliphatic carbocycles. The van der Waals surface area contributed by atoms with Crippen molar-refractivity contribution in [3.63, 3.8) is 0 Å². The van der Waals surface area contributed by atoms with E-state index in [2.05, 4.69) is 18.7 Å². The lowest BCUT2D eigenvalue weighted by Gasteiger charge is -2.41. The number of rotatable bonds is 1. The van der Waals surface area contributed by atoms with Crippen molar-refractivity contribution in [2.75, 3.05) is 26.3 Å². The van der Waals surface area contributed by atoms with Crippen molar-refractivity contribution < 1.29 is 4.74 Å². The van der Waals surface area contributed by atoms with Gasteiger partial charge >= 0.3 is 0 Å². The first kappa shape index (κ1) is 10.4. The van der Waals surface area contributed by atoms with E-state index in [1.165, 1.54) is 32.4 Å². The number of ether oxygens (including phenoxy) is 1. The first-order chi connectivity index (χ1) is 6.77. The molecule has 0 N–H and O–H groups in total. The third kappa shape index (κ3) is 2.29. The molecule has 82 valence electrons. The van der Waals surface area contributed by atoms with Gasteiger partial charge in [0, 0.05) is 25.8 Å². The topological polar surface area (TPSA) is 12.5 Å². The Morgan fingerprint density at radius 3 is 2.36 bits per heavy atom. The highest BCUT2D eigenvalue weighted by Crippen LogP contribution is 2.26. The monoisotopic (exact) mass is 197 g/mol. The zero-order valence-corrected chi connectivity index (χ0v) is 9.54. The van der Waals surface area contributed by atoms with E-state index in [1.807, 2.05) is 0 Å². The second-order valence-corrected chi connectivity index (χ2v) is 5.08. The first-order valence-electron chi connectivity index (χ1n) is 6.09. The lowest BCUT2D eigenvalue weighted by atomic mass is 9.87. The molecule has 0 aromatic carbocycles. The predicted octanol–water partition coefficient (Wildman–Crippen LogP) is 2.14. The fraction of sp³-hybridized carbons (Fsp3) is 1.00. The lowest BCUT2D eigenvalue weighted by Crippen LogP contribution is -2.46. The average molecular weight is 197 g/mol. The summed E-state index contributed by atoms with van der Waals surface area (Å²) in [4.78, 5) is 2.70. The molecule has 0 amide bonds. The van der Waals surface area contributed by atoms with Crippen LogP contribution in [0.5, 0.6) is 0 Å². The Bertz CT molecular complexity index is 177. The highest BCUT2D eigenvalue weighted by atomic mass is 16.5. The van der Waals surface area contributed by atoms with Crippen molar-refractivity contribution in [3.8, 4) is 0 Å². The van der Waals surface area contributed by atoms with Gasteiger partial charge in [0.2, 0.25) is 0 Å². The first-order valence-corrected chi connectivity index (χ1v) is 6.09. The van der Waals surface area contributed by atoms with Gasteiger partial charge < -0.3 is 4.74 Å². The van der Waals surface area contributed by atoms with E-state index < -0.39 is 0 Å². The van der Waals surface area contributed by atoms with Crippen LogP contribution in [0, 0.1) is 11.8 Å². The summed E-state index contributed by atoms with van der Waals surface area (Å²) in [7, 11) is 0. The van der Waals surface area contributed by atoms with Crippen LogP contribution in [-0.2, 0) is 4.74 Å². The maximum atomic E-state index is 5.41. The largest absolute Gasteiger partial charge is 0.381 e. The molecule has 2 aliphatic rings. The Kier molecular flexibility index (Phi) is 3.45. The van der Waals surface area contributed by atoms with Gasteiger partial charge in [0.1, 0.15) is 0 Å². The molecule has 2 atom stereocenters. The molecule has 0 spiro atoms. The van der Waals surface area contributed by atoms with Crippen LogP contribution in [0.25, 0.3) is 0 Å². The van der Waals surface area contributed by atoms with Crippen LogP contribution >= 0.6 is 0 Å². The quantitative estimate of drug-likeness (QED) is 0.638. The number of likely N-dealkylation sites (tertiary alicyclic amines) is 1. The van der Waals surface area contributed by atoms with Crippen molar-refractivity contribution in [1.82, 2.24) is 4.90 Å². The molecule has 2 fully saturated rings. The molecule has 0 aromatic heterocycles. The molecule has 2 heteroatoms. The molecule has 2 nitrogen and oxygen atoms in total. The number of nitrogens with zero attached hydrogens (tertiary/aromatic N) is 1. The van der Waals surface area contributed by atoms with Crippen molar-refractivity contribution in [2.24, 2.45) is 11.8 Å². The Balaban J connectivity index is 1.85. The highest BCUT2D eigenvalue weighted by Gasteiger charge is 2.28. The number of piperidine rings is 1. The molecule has 2 heterocycles. The number of hydrogen-bond donors (Lipinski definition) is 0. The Labute approximate surface area is 87.6 Å². The Morgan fingerprint density at radius 2 is 1.71 bits per heavy atom. The molecule has 2 rings (SSSR count). The summed E-state index contributed by atoms with van der Waals surface area (Å²) in [6.45, 7) is 9.38. The fourth-order valence-electron chi connectivity index (χ4n) is 2.68. The smallest absolute Gasteiger partial charge is 0.0480 e. The van der Waals surface area contributed by atoms with E-state index in [-0.39, 0.29) is 0 Å². The van der Waals surface area contributed by atoms with Gasteiger partial charge in [0.05, 0.1) is 0 Å². The van der Waals surface area contributed by atoms with Gasteiger partial charge in [0.25, 0.3) is 0 Å². The van der Waals surface area contributed by atoms with Gasteiger partial charge in [-0.1, -0.05) is 13.8 Å². The minimum Gasteiger partial charge on any atom is -0.381 e. The SMILES string of the molecule is CC1CCN(C2CCOCC2)CC1C. The van der Waals surface area contributed by atoms with Gasteiger partial charge in [-0.25, -0.2) is 0 Å². The molecule has 2 saturated heterocycles. The number of hydrogen-bond acceptors (Lipinski definition) is 2. The van der Waals surface area contributed by atoms with Gasteiger partial charge in [0.15, 0.2) is 0 Å². The third-order valence-electron chi connectivity index (χ3n) is 4.07. The Hall–Kier alpha value is -0.0800. The molecule has 0 bridgehead atoms. The van der Waals surface area contributed by atoms with Gasteiger partial charge in [-0.15, -0.1) is 0 Å². The second-order valence-electron chi connectivity index (χ2n) is 5.08. The van der Waals surface area contributed by atoms with Crippen LogP contribution < -0.4 is 0 Å². The minimum absolute atomic E-state index is 0.818. The summed E-state index contributed by atoms with van der Waals surface area (Å²) in [5, 5.41) is 0. The standard InChI is InChI=1S/C12H23NO/c1-10-3-6-13(9-11(10)2)12-4-7-14-8-5-12/h10-12H,3-9H2,1-2H3. The van der Waals surface area contributed by atoms with E-state index in [4.69, 9.17) is 4.74 Å². The summed E-state index contributed by atoms with van der Waals surface area (Å²) >= 11 is 0. The average Bonchev–Trinajstić information content (AvgIpc) is 2.23. The van der Waals surface area contributed by atoms with Gasteiger partial charge in [-0.2, -0.15) is 0 Å². The summed E-state index contributed by atoms with van der Waals surface area (Å²) in [6, 6.07) is 0.818. The zero-order chi connectivity index (χ0) is 9.97. The van der Waals surface area contributed by atoms with Crippen LogP contribution in [0.1, 0.15) is 33.1 Å². The van der Waals surface area contributed by atoms with E-state index in [9.17, 15) is 0 Å². The Morgan fingerprint density at radius 1 is 1.00 bits per heavy atom. The molecule has 14 heavy (non-hydrogen) atoms. The van der Waals surface area contributed by atoms with E-state index >= 15 is 0 Å². The van der Waals surface area contributed by atoms with Crippen LogP contribution in [-0.4, -0.2) is 37.2 Å². The second kappa shape index (κ2) is 4.63. The highest BCUT2D eigenvalue weighted by molar-refractivity contribution is 4.81. The van der Waals surface area contributed by atoms with Crippen molar-refractivity contribution in [2.45, 2.75) is 39.2 Å². The van der Waals surface area contributed by atoms with Crippen LogP contribution in [0.2, 0.25) is 0 Å². The molecular formula is C12H23NO. The summed E-state index contributed by atoms with van der Waals surface area (Å²) in [5.41, 5.74) is 0. The van der Waals surface area contributed by atoms with Crippen LogP contribution in [0.3, 0.4) is 0 Å². The van der Waals surface area contributed by atoms with Crippen LogP contribution in [0.4, 0.5) is 0 Å². The van der Waals surface area contributed by atoms with Crippen LogP contribution in [0.15, 0.2) is 0 Å².